The zero-order valence-corrected chi connectivity index (χ0v) is 20.8. The summed E-state index contributed by atoms with van der Waals surface area (Å²) in [6.45, 7) is 8.47. The molecule has 0 spiro atoms. The van der Waals surface area contributed by atoms with E-state index < -0.39 is 0 Å². The molecule has 2 N–H and O–H groups in total. The van der Waals surface area contributed by atoms with Crippen LogP contribution >= 0.6 is 0 Å². The van der Waals surface area contributed by atoms with Crippen molar-refractivity contribution in [3.05, 3.63) is 35.5 Å². The number of rotatable bonds is 11. The highest BCUT2D eigenvalue weighted by molar-refractivity contribution is 5.99. The van der Waals surface area contributed by atoms with Crippen LogP contribution in [0.4, 0.5) is 0 Å². The first kappa shape index (κ1) is 25.8. The summed E-state index contributed by atoms with van der Waals surface area (Å²) in [6.07, 6.45) is 17.2. The van der Waals surface area contributed by atoms with Crippen LogP contribution in [0.15, 0.2) is 40.4 Å². The van der Waals surface area contributed by atoms with E-state index in [0.29, 0.717) is 17.9 Å². The molecule has 0 aromatic rings. The van der Waals surface area contributed by atoms with Crippen LogP contribution in [0.5, 0.6) is 0 Å². The molecular formula is C26H46N4O. The first-order chi connectivity index (χ1) is 14.9. The van der Waals surface area contributed by atoms with Gasteiger partial charge in [-0.15, -0.1) is 0 Å². The van der Waals surface area contributed by atoms with Gasteiger partial charge in [0.25, 0.3) is 0 Å². The number of methoxy groups -OCH3 is 1. The summed E-state index contributed by atoms with van der Waals surface area (Å²) in [6, 6.07) is 0.741. The van der Waals surface area contributed by atoms with Gasteiger partial charge in [0, 0.05) is 31.8 Å². The van der Waals surface area contributed by atoms with Gasteiger partial charge in [0.2, 0.25) is 0 Å². The number of amidine groups is 1. The fourth-order valence-electron chi connectivity index (χ4n) is 4.92. The molecular weight excluding hydrogens is 384 g/mol. The number of nitrogens with two attached hydrogens (primary N) is 1. The monoisotopic (exact) mass is 430 g/mol. The third kappa shape index (κ3) is 7.58. The van der Waals surface area contributed by atoms with Gasteiger partial charge in [-0.3, -0.25) is 4.90 Å². The zero-order chi connectivity index (χ0) is 22.8. The van der Waals surface area contributed by atoms with Crippen LogP contribution in [0.3, 0.4) is 0 Å². The molecule has 0 amide bonds. The molecule has 0 saturated heterocycles. The van der Waals surface area contributed by atoms with Gasteiger partial charge in [-0.25, -0.2) is 4.99 Å². The average molecular weight is 431 g/mol. The van der Waals surface area contributed by atoms with Crippen molar-refractivity contribution in [3.63, 3.8) is 0 Å². The Morgan fingerprint density at radius 3 is 2.58 bits per heavy atom. The predicted molar refractivity (Wildman–Crippen MR) is 133 cm³/mol. The van der Waals surface area contributed by atoms with Crippen molar-refractivity contribution < 1.29 is 4.74 Å². The highest BCUT2D eigenvalue weighted by Gasteiger charge is 2.29. The molecule has 5 nitrogen and oxygen atoms in total. The molecule has 0 radical (unpaired) electrons. The molecule has 0 heterocycles. The van der Waals surface area contributed by atoms with Crippen LogP contribution in [0.1, 0.15) is 65.7 Å². The van der Waals surface area contributed by atoms with Crippen molar-refractivity contribution in [1.29, 1.82) is 0 Å². The second kappa shape index (κ2) is 13.2. The maximum absolute atomic E-state index is 6.52. The van der Waals surface area contributed by atoms with Crippen molar-refractivity contribution in [2.24, 2.45) is 16.6 Å². The molecule has 1 fully saturated rings. The smallest absolute Gasteiger partial charge is 0.127 e. The average Bonchev–Trinajstić information content (AvgIpc) is 3.30. The Kier molecular flexibility index (Phi) is 11.0. The van der Waals surface area contributed by atoms with E-state index in [4.69, 9.17) is 15.5 Å². The summed E-state index contributed by atoms with van der Waals surface area (Å²) >= 11 is 0. The Bertz CT molecular complexity index is 660. The minimum Gasteiger partial charge on any atom is -0.383 e. The number of hydrogen-bond donors (Lipinski definition) is 1. The number of likely N-dealkylation sites (N-methyl/N-ethyl adjacent to an activating group) is 2. The molecule has 2 aliphatic rings. The topological polar surface area (TPSA) is 54.1 Å². The van der Waals surface area contributed by atoms with E-state index in [1.54, 1.807) is 0 Å². The van der Waals surface area contributed by atoms with Crippen molar-refractivity contribution in [2.75, 3.05) is 34.3 Å². The quantitative estimate of drug-likeness (QED) is 0.222. The fourth-order valence-corrected chi connectivity index (χ4v) is 4.92. The normalized spacial score (nSPS) is 25.1. The molecule has 0 aromatic carbocycles. The number of ether oxygens (including phenoxy) is 1. The summed E-state index contributed by atoms with van der Waals surface area (Å²) in [5.74, 6) is 1.11. The summed E-state index contributed by atoms with van der Waals surface area (Å²) in [7, 11) is 6.28. The lowest BCUT2D eigenvalue weighted by Gasteiger charge is -2.35. The largest absolute Gasteiger partial charge is 0.383 e. The van der Waals surface area contributed by atoms with Gasteiger partial charge in [0.15, 0.2) is 0 Å². The Balaban J connectivity index is 2.21. The Morgan fingerprint density at radius 1 is 1.29 bits per heavy atom. The molecule has 176 valence electrons. The molecule has 3 unspecified atom stereocenters. The van der Waals surface area contributed by atoms with Crippen molar-refractivity contribution in [2.45, 2.75) is 84.0 Å². The number of allylic oxidation sites excluding steroid dienone is 2. The Hall–Kier alpha value is -1.43. The molecule has 0 aromatic heterocycles. The predicted octanol–water partition coefficient (Wildman–Crippen LogP) is 4.76. The molecule has 1 saturated carbocycles. The highest BCUT2D eigenvalue weighted by Crippen LogP contribution is 2.30. The van der Waals surface area contributed by atoms with Gasteiger partial charge < -0.3 is 15.4 Å². The maximum atomic E-state index is 6.52. The van der Waals surface area contributed by atoms with E-state index in [1.807, 2.05) is 20.1 Å². The Labute approximate surface area is 191 Å². The third-order valence-corrected chi connectivity index (χ3v) is 6.94. The SMILES string of the molecule is C/C=C\C(=C/CC)C(N)=NC(C1=CCC(OC)C(C)C1)N(C)CCN(C)C1CCCC1. The van der Waals surface area contributed by atoms with E-state index in [2.05, 4.69) is 56.0 Å². The van der Waals surface area contributed by atoms with Crippen LogP contribution in [-0.2, 0) is 4.74 Å². The number of hydrogen-bond acceptors (Lipinski definition) is 4. The first-order valence-corrected chi connectivity index (χ1v) is 12.2. The standard InChI is InChI=1S/C26H46N4O/c1-7-11-21(12-8-2)25(27)28-26(22-15-16-24(31-6)20(3)19-22)30(5)18-17-29(4)23-13-9-10-14-23/h7,11-12,15,20,23-24,26H,8-10,13-14,16-19H2,1-6H3,(H2,27,28)/b11-7-,21-12+. The van der Waals surface area contributed by atoms with E-state index in [0.717, 1.165) is 44.0 Å². The minimum absolute atomic E-state index is 0.0252. The second-order valence-electron chi connectivity index (χ2n) is 9.33. The van der Waals surface area contributed by atoms with Gasteiger partial charge in [0.1, 0.15) is 12.0 Å². The van der Waals surface area contributed by atoms with Crippen LogP contribution < -0.4 is 5.73 Å². The minimum atomic E-state index is -0.0252. The van der Waals surface area contributed by atoms with E-state index in [1.165, 1.54) is 31.3 Å². The van der Waals surface area contributed by atoms with Crippen LogP contribution in [0.25, 0.3) is 0 Å². The van der Waals surface area contributed by atoms with Crippen LogP contribution in [0.2, 0.25) is 0 Å². The molecule has 31 heavy (non-hydrogen) atoms. The molecule has 0 bridgehead atoms. The van der Waals surface area contributed by atoms with Crippen molar-refractivity contribution >= 4 is 5.84 Å². The third-order valence-electron chi connectivity index (χ3n) is 6.94. The van der Waals surface area contributed by atoms with E-state index in [9.17, 15) is 0 Å². The molecule has 3 atom stereocenters. The van der Waals surface area contributed by atoms with Crippen molar-refractivity contribution in [1.82, 2.24) is 9.80 Å². The van der Waals surface area contributed by atoms with Gasteiger partial charge >= 0.3 is 0 Å². The summed E-state index contributed by atoms with van der Waals surface area (Å²) in [5.41, 5.74) is 8.91. The lowest BCUT2D eigenvalue weighted by Crippen LogP contribution is -2.42. The molecule has 5 heteroatoms. The maximum Gasteiger partial charge on any atom is 0.127 e. The highest BCUT2D eigenvalue weighted by atomic mass is 16.5. The molecule has 2 rings (SSSR count). The lowest BCUT2D eigenvalue weighted by atomic mass is 9.86. The number of nitrogens with zero attached hydrogens (tertiary/aromatic N) is 3. The first-order valence-electron chi connectivity index (χ1n) is 12.2. The van der Waals surface area contributed by atoms with Gasteiger partial charge in [-0.1, -0.05) is 51.0 Å². The summed E-state index contributed by atoms with van der Waals surface area (Å²) in [4.78, 5) is 9.99. The van der Waals surface area contributed by atoms with Crippen LogP contribution in [0, 0.1) is 5.92 Å². The molecule has 0 aliphatic heterocycles. The molecule has 2 aliphatic carbocycles. The van der Waals surface area contributed by atoms with Gasteiger partial charge in [-0.05, 0) is 64.6 Å². The van der Waals surface area contributed by atoms with E-state index in [-0.39, 0.29) is 6.17 Å². The summed E-state index contributed by atoms with van der Waals surface area (Å²) in [5, 5.41) is 0. The Morgan fingerprint density at radius 2 is 2.00 bits per heavy atom. The van der Waals surface area contributed by atoms with Gasteiger partial charge in [-0.2, -0.15) is 0 Å². The number of aliphatic imine (C=N–C) groups is 1. The summed E-state index contributed by atoms with van der Waals surface area (Å²) < 4.78 is 5.67. The second-order valence-corrected chi connectivity index (χ2v) is 9.33. The fraction of sp³-hybridized carbons (Fsp3) is 0.731. The zero-order valence-electron chi connectivity index (χ0n) is 20.8. The van der Waals surface area contributed by atoms with Crippen molar-refractivity contribution in [3.8, 4) is 0 Å². The van der Waals surface area contributed by atoms with Crippen LogP contribution in [-0.4, -0.2) is 68.2 Å². The van der Waals surface area contributed by atoms with E-state index >= 15 is 0 Å². The van der Waals surface area contributed by atoms with Gasteiger partial charge in [0.05, 0.1) is 6.10 Å². The lowest BCUT2D eigenvalue weighted by molar-refractivity contribution is 0.0535.